The fourth-order valence-corrected chi connectivity index (χ4v) is 3.62. The molecular formula is C22H27N3O3. The summed E-state index contributed by atoms with van der Waals surface area (Å²) in [6.45, 7) is 1.81. The highest BCUT2D eigenvalue weighted by atomic mass is 16.4. The Bertz CT molecular complexity index is 789. The number of rotatable bonds is 8. The van der Waals surface area contributed by atoms with Gasteiger partial charge in [-0.2, -0.15) is 0 Å². The second-order valence-corrected chi connectivity index (χ2v) is 7.21. The van der Waals surface area contributed by atoms with Gasteiger partial charge in [-0.1, -0.05) is 30.3 Å². The average molecular weight is 381 g/mol. The smallest absolute Gasteiger partial charge is 0.303 e. The number of carbonyl (C=O) groups excluding carboxylic acids is 1. The molecule has 2 N–H and O–H groups in total. The highest BCUT2D eigenvalue weighted by Gasteiger charge is 2.22. The molecule has 1 unspecified atom stereocenters. The zero-order valence-corrected chi connectivity index (χ0v) is 16.0. The van der Waals surface area contributed by atoms with Crippen molar-refractivity contribution in [3.63, 3.8) is 0 Å². The third-order valence-electron chi connectivity index (χ3n) is 5.05. The van der Waals surface area contributed by atoms with Crippen LogP contribution in [0, 0.1) is 0 Å². The van der Waals surface area contributed by atoms with Gasteiger partial charge >= 0.3 is 5.97 Å². The van der Waals surface area contributed by atoms with Gasteiger partial charge in [0.05, 0.1) is 5.56 Å². The van der Waals surface area contributed by atoms with Gasteiger partial charge in [0.25, 0.3) is 5.91 Å². The number of benzene rings is 1. The molecule has 28 heavy (non-hydrogen) atoms. The highest BCUT2D eigenvalue weighted by Crippen LogP contribution is 2.22. The van der Waals surface area contributed by atoms with E-state index in [9.17, 15) is 9.59 Å². The van der Waals surface area contributed by atoms with E-state index < -0.39 is 5.97 Å². The third-order valence-corrected chi connectivity index (χ3v) is 5.05. The summed E-state index contributed by atoms with van der Waals surface area (Å²) in [5.74, 6) is -0.334. The van der Waals surface area contributed by atoms with Crippen molar-refractivity contribution in [3.8, 4) is 0 Å². The molecular weight excluding hydrogens is 354 g/mol. The van der Waals surface area contributed by atoms with Crippen molar-refractivity contribution in [2.24, 2.45) is 0 Å². The number of amides is 1. The lowest BCUT2D eigenvalue weighted by Gasteiger charge is -2.29. The average Bonchev–Trinajstić information content (AvgIpc) is 2.73. The first-order valence-corrected chi connectivity index (χ1v) is 9.90. The Kier molecular flexibility index (Phi) is 7.00. The Balaban J connectivity index is 1.74. The van der Waals surface area contributed by atoms with Crippen LogP contribution in [0.3, 0.4) is 0 Å². The molecule has 6 nitrogen and oxygen atoms in total. The van der Waals surface area contributed by atoms with Crippen LogP contribution in [0.15, 0.2) is 48.7 Å². The lowest BCUT2D eigenvalue weighted by atomic mass is 10.0. The number of piperidine rings is 1. The van der Waals surface area contributed by atoms with Crippen molar-refractivity contribution < 1.29 is 14.7 Å². The summed E-state index contributed by atoms with van der Waals surface area (Å²) < 4.78 is 0. The fourth-order valence-electron chi connectivity index (χ4n) is 3.62. The van der Waals surface area contributed by atoms with Crippen LogP contribution in [-0.2, 0) is 11.2 Å². The third kappa shape index (κ3) is 5.55. The first-order chi connectivity index (χ1) is 13.6. The number of aliphatic carboxylic acids is 1. The van der Waals surface area contributed by atoms with E-state index in [0.29, 0.717) is 18.4 Å². The zero-order valence-electron chi connectivity index (χ0n) is 16.0. The van der Waals surface area contributed by atoms with Crippen molar-refractivity contribution in [2.75, 3.05) is 18.0 Å². The summed E-state index contributed by atoms with van der Waals surface area (Å²) in [5.41, 5.74) is 1.62. The van der Waals surface area contributed by atoms with E-state index >= 15 is 0 Å². The second-order valence-electron chi connectivity index (χ2n) is 7.21. The number of nitrogens with zero attached hydrogens (tertiary/aromatic N) is 2. The summed E-state index contributed by atoms with van der Waals surface area (Å²) in [5, 5.41) is 12.1. The molecule has 1 saturated heterocycles. The van der Waals surface area contributed by atoms with E-state index in [-0.39, 0.29) is 18.4 Å². The molecule has 2 heterocycles. The number of carboxylic acid groups (broad SMARTS) is 1. The summed E-state index contributed by atoms with van der Waals surface area (Å²) in [7, 11) is 0. The molecule has 0 spiro atoms. The van der Waals surface area contributed by atoms with E-state index in [1.165, 1.54) is 6.42 Å². The van der Waals surface area contributed by atoms with Crippen LogP contribution in [0.5, 0.6) is 0 Å². The maximum Gasteiger partial charge on any atom is 0.303 e. The van der Waals surface area contributed by atoms with Crippen molar-refractivity contribution in [1.29, 1.82) is 0 Å². The molecule has 0 radical (unpaired) electrons. The summed E-state index contributed by atoms with van der Waals surface area (Å²) >= 11 is 0. The van der Waals surface area contributed by atoms with E-state index in [4.69, 9.17) is 5.11 Å². The molecule has 0 saturated carbocycles. The van der Waals surface area contributed by atoms with E-state index in [1.807, 2.05) is 30.3 Å². The number of hydrogen-bond acceptors (Lipinski definition) is 4. The molecule has 2 aromatic rings. The predicted octanol–water partition coefficient (Wildman–Crippen LogP) is 3.28. The lowest BCUT2D eigenvalue weighted by molar-refractivity contribution is -0.137. The maximum absolute atomic E-state index is 13.0. The number of hydrogen-bond donors (Lipinski definition) is 2. The zero-order chi connectivity index (χ0) is 19.8. The molecule has 1 atom stereocenters. The summed E-state index contributed by atoms with van der Waals surface area (Å²) in [6.07, 6.45) is 6.13. The van der Waals surface area contributed by atoms with Crippen LogP contribution in [0.25, 0.3) is 0 Å². The Morgan fingerprint density at radius 2 is 1.82 bits per heavy atom. The quantitative estimate of drug-likeness (QED) is 0.733. The Labute approximate surface area is 165 Å². The van der Waals surface area contributed by atoms with Crippen LogP contribution in [0.4, 0.5) is 5.82 Å². The number of carboxylic acids is 1. The van der Waals surface area contributed by atoms with Crippen LogP contribution < -0.4 is 10.2 Å². The first kappa shape index (κ1) is 19.9. The van der Waals surface area contributed by atoms with Gasteiger partial charge in [-0.15, -0.1) is 0 Å². The number of aromatic nitrogens is 1. The van der Waals surface area contributed by atoms with Gasteiger partial charge in [0.15, 0.2) is 0 Å². The van der Waals surface area contributed by atoms with Crippen molar-refractivity contribution >= 4 is 17.7 Å². The molecule has 6 heteroatoms. The number of pyridine rings is 1. The van der Waals surface area contributed by atoms with Gasteiger partial charge in [0, 0.05) is 31.7 Å². The van der Waals surface area contributed by atoms with Crippen molar-refractivity contribution in [1.82, 2.24) is 10.3 Å². The molecule has 148 valence electrons. The fraction of sp³-hybridized carbons (Fsp3) is 0.409. The van der Waals surface area contributed by atoms with Crippen molar-refractivity contribution in [2.45, 2.75) is 44.6 Å². The second kappa shape index (κ2) is 9.88. The Morgan fingerprint density at radius 3 is 2.54 bits per heavy atom. The molecule has 1 aromatic carbocycles. The number of nitrogens with one attached hydrogen (secondary N) is 1. The van der Waals surface area contributed by atoms with E-state index in [0.717, 1.165) is 37.3 Å². The van der Waals surface area contributed by atoms with Crippen molar-refractivity contribution in [3.05, 3.63) is 59.8 Å². The largest absolute Gasteiger partial charge is 0.481 e. The van der Waals surface area contributed by atoms with Gasteiger partial charge in [0.2, 0.25) is 0 Å². The number of anilines is 1. The molecule has 1 amide bonds. The molecule has 1 aliphatic heterocycles. The summed E-state index contributed by atoms with van der Waals surface area (Å²) in [6, 6.07) is 13.1. The minimum atomic E-state index is -0.859. The minimum absolute atomic E-state index is 0.0177. The Morgan fingerprint density at radius 1 is 1.07 bits per heavy atom. The standard InChI is InChI=1S/C22H27N3O3/c26-20(27)12-11-18(16-17-8-3-1-4-9-17)24-22(28)19-10-7-13-23-21(19)25-14-5-2-6-15-25/h1,3-4,7-10,13,18H,2,5-6,11-12,14-16H2,(H,24,28)(H,26,27). The van der Waals surface area contributed by atoms with Gasteiger partial charge in [-0.25, -0.2) is 4.98 Å². The van der Waals surface area contributed by atoms with Gasteiger partial charge in [0.1, 0.15) is 5.82 Å². The first-order valence-electron chi connectivity index (χ1n) is 9.90. The lowest BCUT2D eigenvalue weighted by Crippen LogP contribution is -2.39. The van der Waals surface area contributed by atoms with Crippen LogP contribution in [0.2, 0.25) is 0 Å². The van der Waals surface area contributed by atoms with E-state index in [2.05, 4.69) is 15.2 Å². The van der Waals surface area contributed by atoms with Crippen LogP contribution in [-0.4, -0.2) is 41.1 Å². The molecule has 1 aromatic heterocycles. The van der Waals surface area contributed by atoms with Gasteiger partial charge in [-0.05, 0) is 49.8 Å². The Hall–Kier alpha value is -2.89. The van der Waals surface area contributed by atoms with Gasteiger partial charge < -0.3 is 15.3 Å². The normalized spacial score (nSPS) is 15.1. The topological polar surface area (TPSA) is 82.5 Å². The highest BCUT2D eigenvalue weighted by molar-refractivity contribution is 5.99. The van der Waals surface area contributed by atoms with Crippen LogP contribution in [0.1, 0.15) is 48.0 Å². The molecule has 0 aliphatic carbocycles. The van der Waals surface area contributed by atoms with Crippen LogP contribution >= 0.6 is 0 Å². The predicted molar refractivity (Wildman–Crippen MR) is 109 cm³/mol. The molecule has 1 aliphatic rings. The SMILES string of the molecule is O=C(O)CCC(Cc1ccccc1)NC(=O)c1cccnc1N1CCCCC1. The number of carbonyl (C=O) groups is 2. The monoisotopic (exact) mass is 381 g/mol. The van der Waals surface area contributed by atoms with Gasteiger partial charge in [-0.3, -0.25) is 9.59 Å². The molecule has 3 rings (SSSR count). The molecule has 0 bridgehead atoms. The summed E-state index contributed by atoms with van der Waals surface area (Å²) in [4.78, 5) is 30.7. The van der Waals surface area contributed by atoms with E-state index in [1.54, 1.807) is 18.3 Å². The molecule has 1 fully saturated rings. The minimum Gasteiger partial charge on any atom is -0.481 e. The maximum atomic E-state index is 13.0.